The number of benzene rings is 1. The molecule has 0 saturated carbocycles. The van der Waals surface area contributed by atoms with Crippen molar-refractivity contribution in [1.82, 2.24) is 9.97 Å². The molecule has 0 radical (unpaired) electrons. The predicted molar refractivity (Wildman–Crippen MR) is 88.3 cm³/mol. The Hall–Kier alpha value is -1.72. The lowest BCUT2D eigenvalue weighted by molar-refractivity contribution is 0.276. The number of aliphatic hydroxyl groups excluding tert-OH is 1. The molecular weight excluding hydrogens is 317 g/mol. The molecule has 1 atom stereocenters. The average molecular weight is 336 g/mol. The minimum atomic E-state index is -0.495. The molecule has 0 saturated heterocycles. The minimum absolute atomic E-state index is 0.0701. The van der Waals surface area contributed by atoms with E-state index in [1.165, 1.54) is 12.1 Å². The molecule has 2 N–H and O–H groups in total. The maximum atomic E-state index is 13.7. The van der Waals surface area contributed by atoms with Gasteiger partial charge >= 0.3 is 0 Å². The van der Waals surface area contributed by atoms with Crippen LogP contribution in [0, 0.1) is 12.7 Å². The zero-order chi connectivity index (χ0) is 16.4. The van der Waals surface area contributed by atoms with Gasteiger partial charge in [0.05, 0.1) is 17.7 Å². The third kappa shape index (κ3) is 3.46. The van der Waals surface area contributed by atoms with E-state index in [9.17, 15) is 9.50 Å². The topological polar surface area (TPSA) is 58.0 Å². The van der Waals surface area contributed by atoms with E-state index in [0.717, 1.165) is 42.8 Å². The van der Waals surface area contributed by atoms with Crippen molar-refractivity contribution < 1.29 is 9.50 Å². The summed E-state index contributed by atoms with van der Waals surface area (Å²) in [6.45, 7) is 1.69. The van der Waals surface area contributed by atoms with Crippen LogP contribution in [-0.4, -0.2) is 21.7 Å². The fraction of sp³-hybridized carbons (Fsp3) is 0.412. The molecular formula is C17H19ClFN3O. The number of anilines is 1. The molecule has 3 rings (SSSR count). The van der Waals surface area contributed by atoms with Crippen LogP contribution >= 0.6 is 11.6 Å². The Labute approximate surface area is 139 Å². The first kappa shape index (κ1) is 16.1. The SMILES string of the molecule is Cc1nc2c(c(NC(CO)c3ccc(Cl)c(F)c3)n1)CCCC2. The van der Waals surface area contributed by atoms with Crippen molar-refractivity contribution in [3.8, 4) is 0 Å². The van der Waals surface area contributed by atoms with Gasteiger partial charge in [-0.15, -0.1) is 0 Å². The summed E-state index contributed by atoms with van der Waals surface area (Å²) in [6.07, 6.45) is 4.11. The predicted octanol–water partition coefficient (Wildman–Crippen LogP) is 3.60. The monoisotopic (exact) mass is 335 g/mol. The van der Waals surface area contributed by atoms with Gasteiger partial charge in [0.25, 0.3) is 0 Å². The first-order valence-electron chi connectivity index (χ1n) is 7.77. The summed E-state index contributed by atoms with van der Waals surface area (Å²) >= 11 is 5.73. The van der Waals surface area contributed by atoms with Crippen LogP contribution < -0.4 is 5.32 Å². The number of aromatic nitrogens is 2. The van der Waals surface area contributed by atoms with E-state index in [1.807, 2.05) is 6.92 Å². The van der Waals surface area contributed by atoms with E-state index in [2.05, 4.69) is 15.3 Å². The molecule has 4 nitrogen and oxygen atoms in total. The summed E-state index contributed by atoms with van der Waals surface area (Å²) in [4.78, 5) is 9.00. The van der Waals surface area contributed by atoms with E-state index < -0.39 is 11.9 Å². The number of aliphatic hydroxyl groups is 1. The van der Waals surface area contributed by atoms with Gasteiger partial charge in [0.2, 0.25) is 0 Å². The van der Waals surface area contributed by atoms with Gasteiger partial charge in [0, 0.05) is 11.3 Å². The summed E-state index contributed by atoms with van der Waals surface area (Å²) in [7, 11) is 0. The van der Waals surface area contributed by atoms with Gasteiger partial charge < -0.3 is 10.4 Å². The Morgan fingerprint density at radius 2 is 2.09 bits per heavy atom. The van der Waals surface area contributed by atoms with Crippen LogP contribution in [0.1, 0.15) is 41.5 Å². The van der Waals surface area contributed by atoms with Crippen LogP contribution in [0.25, 0.3) is 0 Å². The van der Waals surface area contributed by atoms with Crippen LogP contribution in [0.15, 0.2) is 18.2 Å². The molecule has 0 bridgehead atoms. The number of nitrogens with zero attached hydrogens (tertiary/aromatic N) is 2. The second-order valence-electron chi connectivity index (χ2n) is 5.80. The molecule has 23 heavy (non-hydrogen) atoms. The Balaban J connectivity index is 1.92. The van der Waals surface area contributed by atoms with E-state index in [-0.39, 0.29) is 11.6 Å². The highest BCUT2D eigenvalue weighted by Gasteiger charge is 2.20. The lowest BCUT2D eigenvalue weighted by Gasteiger charge is -2.23. The Morgan fingerprint density at radius 3 is 2.83 bits per heavy atom. The number of fused-ring (bicyclic) bond motifs is 1. The molecule has 2 aromatic rings. The standard InChI is InChI=1S/C17H19ClFN3O/c1-10-20-15-5-3-2-4-12(15)17(21-10)22-16(9-23)11-6-7-13(18)14(19)8-11/h6-8,16,23H,2-5,9H2,1H3,(H,20,21,22). The molecule has 1 heterocycles. The molecule has 0 amide bonds. The van der Waals surface area contributed by atoms with Crippen molar-refractivity contribution in [2.45, 2.75) is 38.6 Å². The lowest BCUT2D eigenvalue weighted by Crippen LogP contribution is -2.20. The number of halogens is 2. The van der Waals surface area contributed by atoms with Gasteiger partial charge in [-0.2, -0.15) is 0 Å². The largest absolute Gasteiger partial charge is 0.394 e. The fourth-order valence-corrected chi connectivity index (χ4v) is 3.08. The molecule has 122 valence electrons. The Morgan fingerprint density at radius 1 is 1.30 bits per heavy atom. The van der Waals surface area contributed by atoms with Crippen LogP contribution in [0.5, 0.6) is 0 Å². The van der Waals surface area contributed by atoms with Crippen molar-refractivity contribution in [3.63, 3.8) is 0 Å². The molecule has 6 heteroatoms. The minimum Gasteiger partial charge on any atom is -0.394 e. The first-order chi connectivity index (χ1) is 11.1. The third-order valence-electron chi connectivity index (χ3n) is 4.13. The van der Waals surface area contributed by atoms with Crippen molar-refractivity contribution in [2.24, 2.45) is 0 Å². The maximum Gasteiger partial charge on any atom is 0.142 e. The third-order valence-corrected chi connectivity index (χ3v) is 4.44. The fourth-order valence-electron chi connectivity index (χ4n) is 2.97. The van der Waals surface area contributed by atoms with Gasteiger partial charge in [-0.05, 0) is 50.3 Å². The Bertz CT molecular complexity index is 723. The molecule has 0 aliphatic heterocycles. The van der Waals surface area contributed by atoms with Gasteiger partial charge in [-0.3, -0.25) is 0 Å². The summed E-state index contributed by atoms with van der Waals surface area (Å²) in [5.41, 5.74) is 2.81. The second-order valence-corrected chi connectivity index (χ2v) is 6.21. The highest BCUT2D eigenvalue weighted by atomic mass is 35.5. The normalized spacial score (nSPS) is 15.1. The number of hydrogen-bond donors (Lipinski definition) is 2. The average Bonchev–Trinajstić information content (AvgIpc) is 2.55. The van der Waals surface area contributed by atoms with E-state index in [1.54, 1.807) is 6.07 Å². The number of aryl methyl sites for hydroxylation is 2. The number of rotatable bonds is 4. The van der Waals surface area contributed by atoms with Crippen LogP contribution in [0.3, 0.4) is 0 Å². The summed E-state index contributed by atoms with van der Waals surface area (Å²) in [6, 6.07) is 4.11. The van der Waals surface area contributed by atoms with Crippen molar-refractivity contribution in [2.75, 3.05) is 11.9 Å². The van der Waals surface area contributed by atoms with Gasteiger partial charge in [0.15, 0.2) is 0 Å². The smallest absolute Gasteiger partial charge is 0.142 e. The van der Waals surface area contributed by atoms with Crippen molar-refractivity contribution in [1.29, 1.82) is 0 Å². The molecule has 1 unspecified atom stereocenters. The van der Waals surface area contributed by atoms with Gasteiger partial charge in [-0.25, -0.2) is 14.4 Å². The number of nitrogens with one attached hydrogen (secondary N) is 1. The maximum absolute atomic E-state index is 13.7. The second kappa shape index (κ2) is 6.81. The first-order valence-corrected chi connectivity index (χ1v) is 8.15. The molecule has 1 aromatic carbocycles. The molecule has 1 aliphatic rings. The van der Waals surface area contributed by atoms with E-state index in [0.29, 0.717) is 11.4 Å². The molecule has 0 spiro atoms. The van der Waals surface area contributed by atoms with Crippen molar-refractivity contribution >= 4 is 17.4 Å². The summed E-state index contributed by atoms with van der Waals surface area (Å²) in [5, 5.41) is 13.0. The highest BCUT2D eigenvalue weighted by Crippen LogP contribution is 2.29. The van der Waals surface area contributed by atoms with Crippen LogP contribution in [-0.2, 0) is 12.8 Å². The summed E-state index contributed by atoms with van der Waals surface area (Å²) < 4.78 is 13.7. The van der Waals surface area contributed by atoms with E-state index >= 15 is 0 Å². The van der Waals surface area contributed by atoms with Crippen LogP contribution in [0.4, 0.5) is 10.2 Å². The number of hydrogen-bond acceptors (Lipinski definition) is 4. The zero-order valence-electron chi connectivity index (χ0n) is 12.9. The molecule has 1 aromatic heterocycles. The highest BCUT2D eigenvalue weighted by molar-refractivity contribution is 6.30. The van der Waals surface area contributed by atoms with Gasteiger partial charge in [-0.1, -0.05) is 17.7 Å². The summed E-state index contributed by atoms with van der Waals surface area (Å²) in [5.74, 6) is 0.944. The van der Waals surface area contributed by atoms with Crippen molar-refractivity contribution in [3.05, 3.63) is 51.7 Å². The van der Waals surface area contributed by atoms with Crippen LogP contribution in [0.2, 0.25) is 5.02 Å². The quantitative estimate of drug-likeness (QED) is 0.896. The van der Waals surface area contributed by atoms with E-state index in [4.69, 9.17) is 11.6 Å². The Kier molecular flexibility index (Phi) is 4.78. The zero-order valence-corrected chi connectivity index (χ0v) is 13.7. The lowest BCUT2D eigenvalue weighted by atomic mass is 9.96. The molecule has 1 aliphatic carbocycles. The molecule has 0 fully saturated rings. The van der Waals surface area contributed by atoms with Gasteiger partial charge in [0.1, 0.15) is 17.5 Å².